The number of rotatable bonds is 1. The largest absolute Gasteiger partial charge is 0.486 e. The highest BCUT2D eigenvalue weighted by Gasteiger charge is 2.19. The van der Waals surface area contributed by atoms with E-state index in [9.17, 15) is 5.26 Å². The van der Waals surface area contributed by atoms with Gasteiger partial charge in [-0.2, -0.15) is 14.9 Å². The van der Waals surface area contributed by atoms with Crippen molar-refractivity contribution in [3.8, 4) is 28.8 Å². The maximum absolute atomic E-state index is 9.41. The number of benzene rings is 1. The topological polar surface area (TPSA) is 72.4 Å². The lowest BCUT2D eigenvalue weighted by atomic mass is 10.1. The van der Waals surface area contributed by atoms with Crippen LogP contribution in [0.2, 0.25) is 0 Å². The summed E-state index contributed by atoms with van der Waals surface area (Å²) in [7, 11) is 0. The molecule has 6 nitrogen and oxygen atoms in total. The summed E-state index contributed by atoms with van der Waals surface area (Å²) in [5.74, 6) is 1.40. The second-order valence-electron chi connectivity index (χ2n) is 4.59. The van der Waals surface area contributed by atoms with Crippen molar-refractivity contribution in [1.29, 1.82) is 5.26 Å². The number of fused-ring (bicyclic) bond motifs is 2. The lowest BCUT2D eigenvalue weighted by molar-refractivity contribution is 0.171. The molecule has 0 fully saturated rings. The van der Waals surface area contributed by atoms with Crippen LogP contribution in [0.25, 0.3) is 16.2 Å². The Morgan fingerprint density at radius 1 is 1.29 bits per heavy atom. The Morgan fingerprint density at radius 3 is 2.90 bits per heavy atom. The Morgan fingerprint density at radius 2 is 2.10 bits per heavy atom. The Hall–Kier alpha value is -2.59. The normalized spacial score (nSPS) is 13.3. The van der Waals surface area contributed by atoms with Gasteiger partial charge in [-0.15, -0.1) is 0 Å². The van der Waals surface area contributed by atoms with Crippen LogP contribution in [-0.4, -0.2) is 27.8 Å². The molecule has 0 saturated carbocycles. The van der Waals surface area contributed by atoms with E-state index in [2.05, 4.69) is 16.2 Å². The molecule has 0 saturated heterocycles. The molecule has 4 rings (SSSR count). The summed E-state index contributed by atoms with van der Waals surface area (Å²) in [6, 6.07) is 7.77. The molecule has 0 aliphatic carbocycles. The van der Waals surface area contributed by atoms with E-state index in [0.29, 0.717) is 35.3 Å². The Balaban J connectivity index is 1.90. The van der Waals surface area contributed by atoms with Crippen molar-refractivity contribution >= 4 is 16.3 Å². The number of nitriles is 1. The van der Waals surface area contributed by atoms with Crippen molar-refractivity contribution in [3.63, 3.8) is 0 Å². The lowest BCUT2D eigenvalue weighted by Gasteiger charge is -2.18. The van der Waals surface area contributed by atoms with Crippen LogP contribution in [-0.2, 0) is 0 Å². The molecule has 0 N–H and O–H groups in total. The molecule has 0 atom stereocenters. The fourth-order valence-electron chi connectivity index (χ4n) is 2.34. The standard InChI is InChI=1S/C14H10N4O2S/c1-8-17-18-10(7-15)13(16-14(18)21-8)9-2-3-11-12(6-9)20-5-4-19-11/h2-3,6H,4-5H2,1H3. The van der Waals surface area contributed by atoms with Gasteiger partial charge in [-0.25, -0.2) is 4.98 Å². The summed E-state index contributed by atoms with van der Waals surface area (Å²) in [5, 5.41) is 14.6. The van der Waals surface area contributed by atoms with Crippen LogP contribution < -0.4 is 9.47 Å². The van der Waals surface area contributed by atoms with Crippen molar-refractivity contribution in [2.75, 3.05) is 13.2 Å². The summed E-state index contributed by atoms with van der Waals surface area (Å²) >= 11 is 1.46. The first-order valence-corrected chi connectivity index (χ1v) is 7.24. The molecule has 104 valence electrons. The Bertz CT molecular complexity index is 890. The molecule has 0 radical (unpaired) electrons. The van der Waals surface area contributed by atoms with Gasteiger partial charge in [0, 0.05) is 5.56 Å². The molecular formula is C14H10N4O2S. The minimum absolute atomic E-state index is 0.436. The zero-order valence-electron chi connectivity index (χ0n) is 11.2. The molecule has 0 spiro atoms. The minimum Gasteiger partial charge on any atom is -0.486 e. The summed E-state index contributed by atoms with van der Waals surface area (Å²) in [4.78, 5) is 5.24. The molecule has 3 aromatic rings. The third-order valence-corrected chi connectivity index (χ3v) is 4.05. The van der Waals surface area contributed by atoms with Crippen LogP contribution >= 0.6 is 11.3 Å². The number of ether oxygens (including phenoxy) is 2. The van der Waals surface area contributed by atoms with Crippen molar-refractivity contribution in [3.05, 3.63) is 28.9 Å². The molecule has 7 heteroatoms. The predicted molar refractivity (Wildman–Crippen MR) is 76.7 cm³/mol. The van der Waals surface area contributed by atoms with E-state index in [4.69, 9.17) is 9.47 Å². The third kappa shape index (κ3) is 1.84. The van der Waals surface area contributed by atoms with Crippen molar-refractivity contribution in [2.45, 2.75) is 6.92 Å². The van der Waals surface area contributed by atoms with Gasteiger partial charge in [0.1, 0.15) is 30.0 Å². The molecule has 1 aliphatic heterocycles. The van der Waals surface area contributed by atoms with Crippen LogP contribution in [0, 0.1) is 18.3 Å². The zero-order valence-corrected chi connectivity index (χ0v) is 12.0. The lowest BCUT2D eigenvalue weighted by Crippen LogP contribution is -2.15. The monoisotopic (exact) mass is 298 g/mol. The quantitative estimate of drug-likeness (QED) is 0.690. The summed E-state index contributed by atoms with van der Waals surface area (Å²) in [5.41, 5.74) is 1.88. The van der Waals surface area contributed by atoms with Gasteiger partial charge in [-0.05, 0) is 25.1 Å². The highest BCUT2D eigenvalue weighted by atomic mass is 32.1. The number of hydrogen-bond donors (Lipinski definition) is 0. The second-order valence-corrected chi connectivity index (χ2v) is 5.75. The van der Waals surface area contributed by atoms with E-state index < -0.39 is 0 Å². The molecule has 1 aliphatic rings. The van der Waals surface area contributed by atoms with Crippen LogP contribution in [0.3, 0.4) is 0 Å². The number of hydrogen-bond acceptors (Lipinski definition) is 6. The fraction of sp³-hybridized carbons (Fsp3) is 0.214. The Labute approximate surface area is 124 Å². The molecule has 1 aromatic carbocycles. The van der Waals surface area contributed by atoms with Crippen LogP contribution in [0.5, 0.6) is 11.5 Å². The van der Waals surface area contributed by atoms with Crippen molar-refractivity contribution in [1.82, 2.24) is 14.6 Å². The van der Waals surface area contributed by atoms with Crippen LogP contribution in [0.1, 0.15) is 10.7 Å². The van der Waals surface area contributed by atoms with Crippen LogP contribution in [0.15, 0.2) is 18.2 Å². The Kier molecular flexibility index (Phi) is 2.59. The number of aryl methyl sites for hydroxylation is 1. The van der Waals surface area contributed by atoms with Gasteiger partial charge < -0.3 is 9.47 Å². The molecule has 0 amide bonds. The van der Waals surface area contributed by atoms with Gasteiger partial charge in [-0.3, -0.25) is 0 Å². The average molecular weight is 298 g/mol. The number of aromatic nitrogens is 3. The summed E-state index contributed by atoms with van der Waals surface area (Å²) in [6.45, 7) is 2.98. The fourth-order valence-corrected chi connectivity index (χ4v) is 3.08. The van der Waals surface area contributed by atoms with E-state index in [0.717, 1.165) is 16.3 Å². The van der Waals surface area contributed by atoms with E-state index >= 15 is 0 Å². The summed E-state index contributed by atoms with van der Waals surface area (Å²) in [6.07, 6.45) is 0. The summed E-state index contributed by atoms with van der Waals surface area (Å²) < 4.78 is 12.7. The van der Waals surface area contributed by atoms with E-state index in [1.807, 2.05) is 25.1 Å². The third-order valence-electron chi connectivity index (χ3n) is 3.23. The van der Waals surface area contributed by atoms with E-state index in [1.54, 1.807) is 4.52 Å². The van der Waals surface area contributed by atoms with E-state index in [-0.39, 0.29) is 0 Å². The van der Waals surface area contributed by atoms with E-state index in [1.165, 1.54) is 11.3 Å². The first-order chi connectivity index (χ1) is 10.3. The highest BCUT2D eigenvalue weighted by Crippen LogP contribution is 2.35. The van der Waals surface area contributed by atoms with Gasteiger partial charge in [0.25, 0.3) is 0 Å². The molecule has 0 unspecified atom stereocenters. The SMILES string of the molecule is Cc1nn2c(C#N)c(-c3ccc4c(c3)OCCO4)nc2s1. The first kappa shape index (κ1) is 12.2. The second kappa shape index (κ2) is 4.46. The van der Waals surface area contributed by atoms with Crippen LogP contribution in [0.4, 0.5) is 0 Å². The minimum atomic E-state index is 0.436. The molecule has 21 heavy (non-hydrogen) atoms. The van der Waals surface area contributed by atoms with Gasteiger partial charge >= 0.3 is 0 Å². The first-order valence-electron chi connectivity index (χ1n) is 6.42. The predicted octanol–water partition coefficient (Wildman–Crippen LogP) is 2.41. The molecular weight excluding hydrogens is 288 g/mol. The van der Waals surface area contributed by atoms with Crippen molar-refractivity contribution < 1.29 is 9.47 Å². The number of nitrogens with zero attached hydrogens (tertiary/aromatic N) is 4. The van der Waals surface area contributed by atoms with Gasteiger partial charge in [0.05, 0.1) is 0 Å². The molecule has 0 bridgehead atoms. The number of imidazole rings is 1. The highest BCUT2D eigenvalue weighted by molar-refractivity contribution is 7.16. The maximum Gasteiger partial charge on any atom is 0.213 e. The molecule has 3 heterocycles. The average Bonchev–Trinajstić information content (AvgIpc) is 3.02. The molecule has 2 aromatic heterocycles. The smallest absolute Gasteiger partial charge is 0.213 e. The maximum atomic E-state index is 9.41. The van der Waals surface area contributed by atoms with Gasteiger partial charge in [-0.1, -0.05) is 11.3 Å². The van der Waals surface area contributed by atoms with Crippen molar-refractivity contribution in [2.24, 2.45) is 0 Å². The zero-order chi connectivity index (χ0) is 14.4. The van der Waals surface area contributed by atoms with Gasteiger partial charge in [0.15, 0.2) is 17.2 Å². The van der Waals surface area contributed by atoms with Gasteiger partial charge in [0.2, 0.25) is 4.96 Å².